The molecule has 3 rings (SSSR count). The van der Waals surface area contributed by atoms with Crippen LogP contribution in [0.3, 0.4) is 0 Å². The number of rotatable bonds is 2. The second-order valence-corrected chi connectivity index (χ2v) is 6.28. The molecule has 5 heteroatoms. The lowest BCUT2D eigenvalue weighted by molar-refractivity contribution is 0.00578. The molecule has 0 amide bonds. The van der Waals surface area contributed by atoms with Crippen LogP contribution in [-0.2, 0) is 9.31 Å². The fourth-order valence-corrected chi connectivity index (χ4v) is 2.36. The number of fused-ring (bicyclic) bond motifs is 1. The number of benzene rings is 1. The van der Waals surface area contributed by atoms with Crippen molar-refractivity contribution in [3.05, 3.63) is 30.0 Å². The first kappa shape index (κ1) is 13.4. The molecule has 2 heterocycles. The normalized spacial score (nSPS) is 20.5. The fraction of sp³-hybridized carbons (Fsp3) is 0.400. The second kappa shape index (κ2) is 4.20. The smallest absolute Gasteiger partial charge is 0.399 e. The van der Waals surface area contributed by atoms with Gasteiger partial charge in [-0.25, -0.2) is 0 Å². The van der Waals surface area contributed by atoms with Gasteiger partial charge in [-0.3, -0.25) is 4.79 Å². The summed E-state index contributed by atoms with van der Waals surface area (Å²) in [7, 11) is -0.376. The average Bonchev–Trinajstić information content (AvgIpc) is 2.87. The van der Waals surface area contributed by atoms with Crippen LogP contribution in [-0.4, -0.2) is 29.6 Å². The molecule has 1 aliphatic rings. The van der Waals surface area contributed by atoms with Gasteiger partial charge in [-0.05, 0) is 50.7 Å². The molecule has 1 saturated heterocycles. The maximum absolute atomic E-state index is 10.8. The van der Waals surface area contributed by atoms with Gasteiger partial charge in [-0.2, -0.15) is 0 Å². The second-order valence-electron chi connectivity index (χ2n) is 6.28. The van der Waals surface area contributed by atoms with E-state index in [9.17, 15) is 4.79 Å². The molecule has 0 saturated carbocycles. The van der Waals surface area contributed by atoms with Crippen LogP contribution in [0.2, 0.25) is 0 Å². The summed E-state index contributed by atoms with van der Waals surface area (Å²) < 4.78 is 12.1. The lowest BCUT2D eigenvalue weighted by Gasteiger charge is -2.32. The number of hydrogen-bond donors (Lipinski definition) is 1. The van der Waals surface area contributed by atoms with E-state index >= 15 is 0 Å². The Morgan fingerprint density at radius 3 is 2.35 bits per heavy atom. The van der Waals surface area contributed by atoms with Crippen LogP contribution in [0.5, 0.6) is 0 Å². The van der Waals surface area contributed by atoms with Gasteiger partial charge in [0.05, 0.1) is 16.9 Å². The van der Waals surface area contributed by atoms with Crippen LogP contribution in [0, 0.1) is 0 Å². The van der Waals surface area contributed by atoms with Gasteiger partial charge in [0.2, 0.25) is 0 Å². The summed E-state index contributed by atoms with van der Waals surface area (Å²) in [5.41, 5.74) is 1.78. The van der Waals surface area contributed by atoms with E-state index in [4.69, 9.17) is 9.31 Å². The molecule has 104 valence electrons. The number of hydrogen-bond acceptors (Lipinski definition) is 3. The third-order valence-corrected chi connectivity index (χ3v) is 4.32. The third kappa shape index (κ3) is 1.98. The summed E-state index contributed by atoms with van der Waals surface area (Å²) in [6, 6.07) is 7.75. The Balaban J connectivity index is 1.97. The molecular formula is C15H18BNO3. The van der Waals surface area contributed by atoms with E-state index in [1.807, 2.05) is 52.0 Å². The molecule has 0 radical (unpaired) electrons. The predicted molar refractivity (Wildman–Crippen MR) is 79.4 cm³/mol. The van der Waals surface area contributed by atoms with E-state index in [1.54, 1.807) is 0 Å². The monoisotopic (exact) mass is 271 g/mol. The lowest BCUT2D eigenvalue weighted by Crippen LogP contribution is -2.41. The zero-order chi connectivity index (χ0) is 14.5. The van der Waals surface area contributed by atoms with Crippen LogP contribution < -0.4 is 5.46 Å². The molecule has 0 atom stereocenters. The van der Waals surface area contributed by atoms with Crippen molar-refractivity contribution in [3.63, 3.8) is 0 Å². The number of aldehydes is 1. The van der Waals surface area contributed by atoms with Gasteiger partial charge in [-0.1, -0.05) is 12.1 Å². The highest BCUT2D eigenvalue weighted by molar-refractivity contribution is 6.62. The SMILES string of the molecule is CC1(C)OB(c2ccc3[nH]c(C=O)cc3c2)OC1(C)C. The van der Waals surface area contributed by atoms with Gasteiger partial charge in [0.25, 0.3) is 0 Å². The molecule has 0 spiro atoms. The lowest BCUT2D eigenvalue weighted by atomic mass is 9.79. The maximum Gasteiger partial charge on any atom is 0.494 e. The molecule has 4 nitrogen and oxygen atoms in total. The highest BCUT2D eigenvalue weighted by Crippen LogP contribution is 2.36. The van der Waals surface area contributed by atoms with Gasteiger partial charge in [-0.15, -0.1) is 0 Å². The van der Waals surface area contributed by atoms with Gasteiger partial charge < -0.3 is 14.3 Å². The molecule has 0 bridgehead atoms. The molecule has 1 N–H and O–H groups in total. The van der Waals surface area contributed by atoms with Crippen LogP contribution in [0.25, 0.3) is 10.9 Å². The number of nitrogens with one attached hydrogen (secondary N) is 1. The summed E-state index contributed by atoms with van der Waals surface area (Å²) in [5, 5.41) is 0.985. The van der Waals surface area contributed by atoms with Crippen LogP contribution in [0.15, 0.2) is 24.3 Å². The molecule has 1 fully saturated rings. The van der Waals surface area contributed by atoms with Crippen molar-refractivity contribution in [2.24, 2.45) is 0 Å². The largest absolute Gasteiger partial charge is 0.494 e. The minimum atomic E-state index is -0.376. The average molecular weight is 271 g/mol. The van der Waals surface area contributed by atoms with E-state index in [0.717, 1.165) is 22.7 Å². The summed E-state index contributed by atoms with van der Waals surface area (Å²) in [5.74, 6) is 0. The minimum Gasteiger partial charge on any atom is -0.399 e. The van der Waals surface area contributed by atoms with Crippen LogP contribution >= 0.6 is 0 Å². The Bertz CT molecular complexity index is 659. The minimum absolute atomic E-state index is 0.348. The Kier molecular flexibility index (Phi) is 2.82. The molecule has 2 aromatic rings. The maximum atomic E-state index is 10.8. The molecule has 20 heavy (non-hydrogen) atoms. The van der Waals surface area contributed by atoms with Crippen molar-refractivity contribution in [3.8, 4) is 0 Å². The van der Waals surface area contributed by atoms with Crippen molar-refractivity contribution >= 4 is 29.8 Å². The Morgan fingerprint density at radius 2 is 1.75 bits per heavy atom. The summed E-state index contributed by atoms with van der Waals surface area (Å²) >= 11 is 0. The standard InChI is InChI=1S/C15H18BNO3/c1-14(2)15(3,4)20-16(19-14)11-5-6-13-10(7-11)8-12(9-18)17-13/h5-9,17H,1-4H3. The molecule has 0 aliphatic carbocycles. The molecule has 1 aromatic carbocycles. The van der Waals surface area contributed by atoms with Crippen molar-refractivity contribution in [2.45, 2.75) is 38.9 Å². The van der Waals surface area contributed by atoms with Crippen molar-refractivity contribution in [1.82, 2.24) is 4.98 Å². The number of carbonyl (C=O) groups excluding carboxylic acids is 1. The van der Waals surface area contributed by atoms with E-state index in [2.05, 4.69) is 4.98 Å². The predicted octanol–water partition coefficient (Wildman–Crippen LogP) is 2.28. The number of aromatic amines is 1. The molecular weight excluding hydrogens is 253 g/mol. The molecule has 1 aliphatic heterocycles. The van der Waals surface area contributed by atoms with Crippen molar-refractivity contribution < 1.29 is 14.1 Å². The molecule has 0 unspecified atom stereocenters. The van der Waals surface area contributed by atoms with Crippen LogP contribution in [0.4, 0.5) is 0 Å². The highest BCUT2D eigenvalue weighted by Gasteiger charge is 2.51. The van der Waals surface area contributed by atoms with Gasteiger partial charge in [0.1, 0.15) is 0 Å². The van der Waals surface area contributed by atoms with E-state index < -0.39 is 0 Å². The quantitative estimate of drug-likeness (QED) is 0.673. The Labute approximate surface area is 118 Å². The van der Waals surface area contributed by atoms with E-state index in [0.29, 0.717) is 5.69 Å². The first-order valence-electron chi connectivity index (χ1n) is 6.76. The van der Waals surface area contributed by atoms with Crippen molar-refractivity contribution in [1.29, 1.82) is 0 Å². The Morgan fingerprint density at radius 1 is 1.10 bits per heavy atom. The van der Waals surface area contributed by atoms with Gasteiger partial charge >= 0.3 is 7.12 Å². The zero-order valence-electron chi connectivity index (χ0n) is 12.2. The summed E-state index contributed by atoms with van der Waals surface area (Å²) in [6.45, 7) is 8.14. The highest BCUT2D eigenvalue weighted by atomic mass is 16.7. The van der Waals surface area contributed by atoms with E-state index in [1.165, 1.54) is 0 Å². The first-order chi connectivity index (χ1) is 9.32. The van der Waals surface area contributed by atoms with Crippen LogP contribution in [0.1, 0.15) is 38.2 Å². The zero-order valence-corrected chi connectivity index (χ0v) is 12.2. The topological polar surface area (TPSA) is 51.3 Å². The number of H-pyrrole nitrogens is 1. The fourth-order valence-electron chi connectivity index (χ4n) is 2.36. The third-order valence-electron chi connectivity index (χ3n) is 4.32. The summed E-state index contributed by atoms with van der Waals surface area (Å²) in [4.78, 5) is 13.9. The first-order valence-corrected chi connectivity index (χ1v) is 6.76. The number of carbonyl (C=O) groups is 1. The number of aromatic nitrogens is 1. The molecule has 1 aromatic heterocycles. The van der Waals surface area contributed by atoms with E-state index in [-0.39, 0.29) is 18.3 Å². The summed E-state index contributed by atoms with van der Waals surface area (Å²) in [6.07, 6.45) is 0.814. The Hall–Kier alpha value is -1.59. The van der Waals surface area contributed by atoms with Gasteiger partial charge in [0, 0.05) is 5.52 Å². The van der Waals surface area contributed by atoms with Gasteiger partial charge in [0.15, 0.2) is 6.29 Å². The van der Waals surface area contributed by atoms with Crippen molar-refractivity contribution in [2.75, 3.05) is 0 Å².